The fourth-order valence-electron chi connectivity index (χ4n) is 4.75. The Hall–Kier alpha value is -3.80. The van der Waals surface area contributed by atoms with E-state index in [-0.39, 0.29) is 11.9 Å². The zero-order chi connectivity index (χ0) is 23.8. The number of rotatable bonds is 6. The molecule has 0 saturated carbocycles. The van der Waals surface area contributed by atoms with E-state index < -0.39 is 0 Å². The van der Waals surface area contributed by atoms with Crippen LogP contribution in [-0.4, -0.2) is 29.2 Å². The fourth-order valence-corrected chi connectivity index (χ4v) is 4.75. The van der Waals surface area contributed by atoms with Crippen molar-refractivity contribution in [2.24, 2.45) is 0 Å². The van der Waals surface area contributed by atoms with Gasteiger partial charge < -0.3 is 14.8 Å². The normalized spacial score (nSPS) is 14.6. The van der Waals surface area contributed by atoms with E-state index in [0.29, 0.717) is 19.6 Å². The van der Waals surface area contributed by atoms with Gasteiger partial charge in [-0.25, -0.2) is 4.98 Å². The molecule has 34 heavy (non-hydrogen) atoms. The number of imidazole rings is 1. The molecule has 6 heteroatoms. The van der Waals surface area contributed by atoms with E-state index in [1.807, 2.05) is 18.2 Å². The van der Waals surface area contributed by atoms with Crippen LogP contribution in [0, 0.1) is 20.8 Å². The van der Waals surface area contributed by atoms with Crippen molar-refractivity contribution in [1.82, 2.24) is 9.55 Å². The molecule has 4 aromatic rings. The monoisotopic (exact) mass is 455 g/mol. The highest BCUT2D eigenvalue weighted by atomic mass is 16.5. The molecule has 6 nitrogen and oxygen atoms in total. The lowest BCUT2D eigenvalue weighted by molar-refractivity contribution is -0.141. The first-order valence-electron chi connectivity index (χ1n) is 11.6. The van der Waals surface area contributed by atoms with Crippen molar-refractivity contribution in [3.8, 4) is 11.4 Å². The molecule has 5 rings (SSSR count). The molecule has 1 aromatic heterocycles. The average Bonchev–Trinajstić information content (AvgIpc) is 3.37. The van der Waals surface area contributed by atoms with Gasteiger partial charge in [0.15, 0.2) is 0 Å². The van der Waals surface area contributed by atoms with E-state index in [1.54, 1.807) is 0 Å². The Morgan fingerprint density at radius 2 is 2.00 bits per heavy atom. The van der Waals surface area contributed by atoms with Crippen molar-refractivity contribution < 1.29 is 14.3 Å². The average molecular weight is 456 g/mol. The number of benzene rings is 3. The van der Waals surface area contributed by atoms with Gasteiger partial charge in [0, 0.05) is 29.8 Å². The molecule has 1 aliphatic heterocycles. The van der Waals surface area contributed by atoms with E-state index in [9.17, 15) is 4.79 Å². The third kappa shape index (κ3) is 4.00. The largest absolute Gasteiger partial charge is 0.493 e. The first kappa shape index (κ1) is 22.0. The van der Waals surface area contributed by atoms with Gasteiger partial charge in [0.25, 0.3) is 0 Å². The topological polar surface area (TPSA) is 65.4 Å². The Bertz CT molecular complexity index is 1390. The number of hydrogen-bond donors (Lipinski definition) is 1. The number of esters is 1. The molecule has 0 spiro atoms. The highest BCUT2D eigenvalue weighted by Gasteiger charge is 2.27. The molecular weight excluding hydrogens is 426 g/mol. The van der Waals surface area contributed by atoms with Crippen LogP contribution in [0.15, 0.2) is 54.6 Å². The lowest BCUT2D eigenvalue weighted by atomic mass is 9.97. The minimum atomic E-state index is -0.213. The summed E-state index contributed by atoms with van der Waals surface area (Å²) in [7, 11) is 1.42. The molecule has 1 aliphatic rings. The van der Waals surface area contributed by atoms with Crippen molar-refractivity contribution in [3.05, 3.63) is 82.7 Å². The van der Waals surface area contributed by atoms with Crippen LogP contribution in [-0.2, 0) is 16.1 Å². The van der Waals surface area contributed by atoms with Crippen molar-refractivity contribution in [2.75, 3.05) is 19.0 Å². The maximum absolute atomic E-state index is 11.7. The van der Waals surface area contributed by atoms with Crippen LogP contribution < -0.4 is 10.1 Å². The summed E-state index contributed by atoms with van der Waals surface area (Å²) in [5, 5.41) is 3.54. The van der Waals surface area contributed by atoms with Crippen LogP contribution in [0.25, 0.3) is 16.7 Å². The quantitative estimate of drug-likeness (QED) is 0.383. The molecule has 2 heterocycles. The fraction of sp³-hybridized carbons (Fsp3) is 0.286. The third-order valence-corrected chi connectivity index (χ3v) is 6.65. The summed E-state index contributed by atoms with van der Waals surface area (Å²) < 4.78 is 12.9. The molecule has 0 amide bonds. The number of ether oxygens (including phenoxy) is 2. The maximum Gasteiger partial charge on any atom is 0.306 e. The van der Waals surface area contributed by atoms with E-state index in [2.05, 4.69) is 67.1 Å². The van der Waals surface area contributed by atoms with Crippen molar-refractivity contribution >= 4 is 22.7 Å². The molecule has 1 atom stereocenters. The summed E-state index contributed by atoms with van der Waals surface area (Å²) >= 11 is 0. The van der Waals surface area contributed by atoms with Gasteiger partial charge in [-0.05, 0) is 61.7 Å². The summed E-state index contributed by atoms with van der Waals surface area (Å²) in [6.07, 6.45) is 0.337. The Labute approximate surface area is 199 Å². The number of anilines is 1. The van der Waals surface area contributed by atoms with E-state index in [0.717, 1.165) is 39.5 Å². The molecule has 0 aliphatic carbocycles. The van der Waals surface area contributed by atoms with E-state index in [4.69, 9.17) is 14.5 Å². The summed E-state index contributed by atoms with van der Waals surface area (Å²) in [4.78, 5) is 16.4. The first-order valence-corrected chi connectivity index (χ1v) is 11.6. The number of aryl methyl sites for hydroxylation is 2. The van der Waals surface area contributed by atoms with E-state index >= 15 is 0 Å². The molecule has 0 fully saturated rings. The van der Waals surface area contributed by atoms with Gasteiger partial charge in [0.2, 0.25) is 0 Å². The second kappa shape index (κ2) is 8.86. The van der Waals surface area contributed by atoms with Gasteiger partial charge in [0.05, 0.1) is 36.9 Å². The summed E-state index contributed by atoms with van der Waals surface area (Å²) in [5.74, 6) is 1.65. The van der Waals surface area contributed by atoms with Gasteiger partial charge in [-0.3, -0.25) is 9.36 Å². The first-order chi connectivity index (χ1) is 16.4. The molecular formula is C28H29N3O3. The van der Waals surface area contributed by atoms with Gasteiger partial charge in [-0.1, -0.05) is 24.3 Å². The minimum Gasteiger partial charge on any atom is -0.493 e. The second-order valence-corrected chi connectivity index (χ2v) is 8.94. The Morgan fingerprint density at radius 1 is 1.15 bits per heavy atom. The Morgan fingerprint density at radius 3 is 2.82 bits per heavy atom. The predicted molar refractivity (Wildman–Crippen MR) is 134 cm³/mol. The zero-order valence-corrected chi connectivity index (χ0v) is 20.0. The van der Waals surface area contributed by atoms with Crippen molar-refractivity contribution in [2.45, 2.75) is 39.7 Å². The Balaban J connectivity index is 1.38. The number of nitrogens with zero attached hydrogens (tertiary/aromatic N) is 2. The summed E-state index contributed by atoms with van der Waals surface area (Å²) in [6.45, 7) is 7.52. The predicted octanol–water partition coefficient (Wildman–Crippen LogP) is 5.60. The molecule has 174 valence electrons. The van der Waals surface area contributed by atoms with Gasteiger partial charge in [0.1, 0.15) is 11.6 Å². The second-order valence-electron chi connectivity index (χ2n) is 8.94. The smallest absolute Gasteiger partial charge is 0.306 e. The lowest BCUT2D eigenvalue weighted by Gasteiger charge is -2.16. The molecule has 0 radical (unpaired) electrons. The molecule has 0 bridgehead atoms. The van der Waals surface area contributed by atoms with Gasteiger partial charge >= 0.3 is 5.97 Å². The SMILES string of the molecule is COC(=O)C[C@@H]1COc2cc(NCc3cccc(-n4c(C)nc5ccc(C)cc54)c3C)ccc21. The van der Waals surface area contributed by atoms with Crippen LogP contribution in [0.5, 0.6) is 5.75 Å². The molecule has 3 aromatic carbocycles. The highest BCUT2D eigenvalue weighted by molar-refractivity contribution is 5.79. The Kier molecular flexibility index (Phi) is 5.74. The van der Waals surface area contributed by atoms with Gasteiger partial charge in [-0.2, -0.15) is 0 Å². The van der Waals surface area contributed by atoms with Crippen LogP contribution in [0.2, 0.25) is 0 Å². The number of hydrogen-bond acceptors (Lipinski definition) is 5. The van der Waals surface area contributed by atoms with Crippen LogP contribution in [0.4, 0.5) is 5.69 Å². The maximum atomic E-state index is 11.7. The van der Waals surface area contributed by atoms with Crippen LogP contribution >= 0.6 is 0 Å². The number of fused-ring (bicyclic) bond motifs is 2. The number of carbonyl (C=O) groups excluding carboxylic acids is 1. The standard InChI is InChI=1S/C28H29N3O3/c1-17-8-11-24-26(12-17)31(19(3)30-24)25-7-5-6-20(18(25)2)15-29-22-9-10-23-21(13-28(32)33-4)16-34-27(23)14-22/h5-12,14,21,29H,13,15-16H2,1-4H3/t21-/m1/s1. The third-order valence-electron chi connectivity index (χ3n) is 6.65. The lowest BCUT2D eigenvalue weighted by Crippen LogP contribution is -2.09. The number of aromatic nitrogens is 2. The van der Waals surface area contributed by atoms with Crippen LogP contribution in [0.1, 0.15) is 40.4 Å². The summed E-state index contributed by atoms with van der Waals surface area (Å²) in [6, 6.07) is 18.9. The van der Waals surface area contributed by atoms with E-state index in [1.165, 1.54) is 23.8 Å². The number of carbonyl (C=O) groups is 1. The summed E-state index contributed by atoms with van der Waals surface area (Å²) in [5.41, 5.74) is 8.99. The van der Waals surface area contributed by atoms with Crippen molar-refractivity contribution in [3.63, 3.8) is 0 Å². The van der Waals surface area contributed by atoms with Crippen LogP contribution in [0.3, 0.4) is 0 Å². The van der Waals surface area contributed by atoms with Crippen molar-refractivity contribution in [1.29, 1.82) is 0 Å². The molecule has 0 unspecified atom stereocenters. The highest BCUT2D eigenvalue weighted by Crippen LogP contribution is 2.38. The zero-order valence-electron chi connectivity index (χ0n) is 20.0. The molecule has 1 N–H and O–H groups in total. The van der Waals surface area contributed by atoms with Gasteiger partial charge in [-0.15, -0.1) is 0 Å². The molecule has 0 saturated heterocycles. The number of methoxy groups -OCH3 is 1. The minimum absolute atomic E-state index is 0.0484. The number of nitrogens with one attached hydrogen (secondary N) is 1.